The van der Waals surface area contributed by atoms with Crippen molar-refractivity contribution in [3.8, 4) is 11.5 Å². The smallest absolute Gasteiger partial charge is 0.160 e. The molecular formula is C17H32NO2Si+. The van der Waals surface area contributed by atoms with Gasteiger partial charge in [-0.25, -0.2) is 0 Å². The molecule has 0 atom stereocenters. The van der Waals surface area contributed by atoms with Gasteiger partial charge in [-0.1, -0.05) is 44.9 Å². The normalized spacial score (nSPS) is 11.6. The third kappa shape index (κ3) is 5.36. The summed E-state index contributed by atoms with van der Waals surface area (Å²) in [6.07, 6.45) is 1.33. The minimum absolute atomic E-state index is 0.214. The lowest BCUT2D eigenvalue weighted by molar-refractivity contribution is -0.670. The van der Waals surface area contributed by atoms with Crippen LogP contribution in [0.15, 0.2) is 18.2 Å². The topological polar surface area (TPSA) is 46.1 Å². The molecule has 0 aliphatic rings. The van der Waals surface area contributed by atoms with Crippen LogP contribution in [0.1, 0.15) is 32.8 Å². The van der Waals surface area contributed by atoms with E-state index in [0.717, 1.165) is 6.54 Å². The molecule has 0 spiro atoms. The highest BCUT2D eigenvalue weighted by atomic mass is 28.3. The van der Waals surface area contributed by atoms with Gasteiger partial charge in [0.25, 0.3) is 0 Å². The van der Waals surface area contributed by atoms with E-state index in [2.05, 4.69) is 26.1 Å². The van der Waals surface area contributed by atoms with Crippen molar-refractivity contribution in [3.63, 3.8) is 0 Å². The van der Waals surface area contributed by atoms with E-state index >= 15 is 0 Å². The summed E-state index contributed by atoms with van der Waals surface area (Å²) in [6, 6.07) is 11.4. The van der Waals surface area contributed by atoms with Crippen molar-refractivity contribution < 1.29 is 15.2 Å². The molecule has 4 heteroatoms. The molecule has 0 saturated heterocycles. The zero-order valence-electron chi connectivity index (χ0n) is 14.1. The first kappa shape index (κ1) is 18.0. The Kier molecular flexibility index (Phi) is 7.82. The number of rotatable bonds is 10. The van der Waals surface area contributed by atoms with Crippen LogP contribution in [0.2, 0.25) is 24.2 Å². The van der Waals surface area contributed by atoms with Crippen molar-refractivity contribution in [3.05, 3.63) is 23.8 Å². The Bertz CT molecular complexity index is 411. The number of aromatic hydroxyl groups is 1. The highest BCUT2D eigenvalue weighted by Gasteiger charge is 2.25. The molecule has 3 N–H and O–H groups in total. The van der Waals surface area contributed by atoms with Gasteiger partial charge in [0.05, 0.1) is 21.7 Å². The van der Waals surface area contributed by atoms with E-state index in [4.69, 9.17) is 4.74 Å². The van der Waals surface area contributed by atoms with Crippen LogP contribution >= 0.6 is 0 Å². The first-order valence-electron chi connectivity index (χ1n) is 8.28. The van der Waals surface area contributed by atoms with Crippen molar-refractivity contribution in [2.75, 3.05) is 13.7 Å². The second kappa shape index (κ2) is 9.10. The van der Waals surface area contributed by atoms with Crippen LogP contribution in [0.5, 0.6) is 11.5 Å². The number of ether oxygens (including phenoxy) is 1. The Morgan fingerprint density at radius 2 is 1.81 bits per heavy atom. The quantitative estimate of drug-likeness (QED) is 0.514. The fourth-order valence-corrected chi connectivity index (χ4v) is 6.53. The standard InChI is InChI=1S/C17H31NO2Si/c1-5-21(6-2,7-3)12-8-11-18-14-15-9-10-16(19)17(13-15)20-4/h9-10,13,18-19H,5-8,11-12,14H2,1-4H3/p+1. The fourth-order valence-electron chi connectivity index (χ4n) is 3.02. The van der Waals surface area contributed by atoms with E-state index in [1.807, 2.05) is 12.1 Å². The van der Waals surface area contributed by atoms with Crippen molar-refractivity contribution in [1.29, 1.82) is 0 Å². The Hall–Kier alpha value is -1.00. The van der Waals surface area contributed by atoms with E-state index in [1.165, 1.54) is 42.7 Å². The summed E-state index contributed by atoms with van der Waals surface area (Å²) in [5.41, 5.74) is 1.20. The maximum Gasteiger partial charge on any atom is 0.160 e. The minimum atomic E-state index is -0.942. The van der Waals surface area contributed by atoms with Gasteiger partial charge in [0.2, 0.25) is 0 Å². The van der Waals surface area contributed by atoms with E-state index in [9.17, 15) is 5.11 Å². The van der Waals surface area contributed by atoms with Gasteiger partial charge in [0.15, 0.2) is 11.5 Å². The highest BCUT2D eigenvalue weighted by Crippen LogP contribution is 2.26. The molecule has 0 bridgehead atoms. The molecule has 0 fully saturated rings. The van der Waals surface area contributed by atoms with Gasteiger partial charge in [-0.15, -0.1) is 0 Å². The molecule has 1 aromatic rings. The first-order chi connectivity index (χ1) is 10.1. The lowest BCUT2D eigenvalue weighted by Gasteiger charge is -2.27. The van der Waals surface area contributed by atoms with Gasteiger partial charge in [-0.2, -0.15) is 0 Å². The molecule has 0 radical (unpaired) electrons. The van der Waals surface area contributed by atoms with Crippen LogP contribution < -0.4 is 10.1 Å². The molecule has 0 unspecified atom stereocenters. The number of nitrogens with two attached hydrogens (primary N) is 1. The summed E-state index contributed by atoms with van der Waals surface area (Å²) in [7, 11) is 0.648. The number of benzene rings is 1. The summed E-state index contributed by atoms with van der Waals surface area (Å²) < 4.78 is 5.14. The third-order valence-electron chi connectivity index (χ3n) is 4.99. The van der Waals surface area contributed by atoms with Crippen molar-refractivity contribution in [1.82, 2.24) is 0 Å². The average molecular weight is 311 g/mol. The van der Waals surface area contributed by atoms with E-state index < -0.39 is 8.07 Å². The minimum Gasteiger partial charge on any atom is -0.504 e. The zero-order chi connectivity index (χ0) is 15.7. The molecule has 0 amide bonds. The Morgan fingerprint density at radius 3 is 2.38 bits per heavy atom. The van der Waals surface area contributed by atoms with Crippen LogP contribution in [0.4, 0.5) is 0 Å². The number of quaternary nitrogens is 1. The molecule has 1 rings (SSSR count). The van der Waals surface area contributed by atoms with Gasteiger partial charge in [-0.3, -0.25) is 0 Å². The largest absolute Gasteiger partial charge is 0.504 e. The summed E-state index contributed by atoms with van der Waals surface area (Å²) in [5.74, 6) is 0.779. The van der Waals surface area contributed by atoms with Crippen LogP contribution in [-0.2, 0) is 6.54 Å². The van der Waals surface area contributed by atoms with Gasteiger partial charge in [0.1, 0.15) is 6.54 Å². The third-order valence-corrected chi connectivity index (χ3v) is 10.9. The summed E-state index contributed by atoms with van der Waals surface area (Å²) >= 11 is 0. The van der Waals surface area contributed by atoms with Gasteiger partial charge < -0.3 is 15.2 Å². The highest BCUT2D eigenvalue weighted by molar-refractivity contribution is 6.79. The number of methoxy groups -OCH3 is 1. The molecule has 21 heavy (non-hydrogen) atoms. The first-order valence-corrected chi connectivity index (χ1v) is 11.1. The van der Waals surface area contributed by atoms with E-state index in [0.29, 0.717) is 5.75 Å². The van der Waals surface area contributed by atoms with Crippen molar-refractivity contribution in [2.45, 2.75) is 57.9 Å². The maximum absolute atomic E-state index is 9.58. The average Bonchev–Trinajstić information content (AvgIpc) is 2.53. The predicted octanol–water partition coefficient (Wildman–Crippen LogP) is 3.36. The Labute approximate surface area is 130 Å². The summed E-state index contributed by atoms with van der Waals surface area (Å²) in [4.78, 5) is 0. The van der Waals surface area contributed by atoms with Gasteiger partial charge >= 0.3 is 0 Å². The van der Waals surface area contributed by atoms with E-state index in [1.54, 1.807) is 13.2 Å². The van der Waals surface area contributed by atoms with Gasteiger partial charge in [-0.05, 0) is 24.6 Å². The zero-order valence-corrected chi connectivity index (χ0v) is 15.1. The fraction of sp³-hybridized carbons (Fsp3) is 0.647. The van der Waals surface area contributed by atoms with Crippen LogP contribution in [-0.4, -0.2) is 26.8 Å². The summed E-state index contributed by atoms with van der Waals surface area (Å²) in [6.45, 7) is 9.29. The Balaban J connectivity index is 2.34. The molecule has 0 heterocycles. The van der Waals surface area contributed by atoms with E-state index in [-0.39, 0.29) is 5.75 Å². The van der Waals surface area contributed by atoms with Crippen LogP contribution in [0, 0.1) is 0 Å². The molecule has 3 nitrogen and oxygen atoms in total. The van der Waals surface area contributed by atoms with Gasteiger partial charge in [0, 0.05) is 5.56 Å². The van der Waals surface area contributed by atoms with Crippen LogP contribution in [0.3, 0.4) is 0 Å². The van der Waals surface area contributed by atoms with Crippen LogP contribution in [0.25, 0.3) is 0 Å². The molecule has 0 aromatic heterocycles. The SMILES string of the molecule is CC[Si](CC)(CC)CCC[NH2+]Cc1ccc(O)c(OC)c1. The molecular weight excluding hydrogens is 278 g/mol. The molecule has 0 aliphatic heterocycles. The second-order valence-electron chi connectivity index (χ2n) is 5.95. The number of hydrogen-bond donors (Lipinski definition) is 2. The molecule has 0 aliphatic carbocycles. The molecule has 120 valence electrons. The number of hydrogen-bond acceptors (Lipinski definition) is 2. The van der Waals surface area contributed by atoms with Crippen molar-refractivity contribution in [2.24, 2.45) is 0 Å². The lowest BCUT2D eigenvalue weighted by Crippen LogP contribution is -2.82. The lowest BCUT2D eigenvalue weighted by atomic mass is 10.2. The second-order valence-corrected chi connectivity index (χ2v) is 11.6. The summed E-state index contributed by atoms with van der Waals surface area (Å²) in [5, 5.41) is 12.0. The maximum atomic E-state index is 9.58. The Morgan fingerprint density at radius 1 is 1.14 bits per heavy atom. The molecule has 1 aromatic carbocycles. The van der Waals surface area contributed by atoms with Crippen molar-refractivity contribution >= 4 is 8.07 Å². The predicted molar refractivity (Wildman–Crippen MR) is 91.8 cm³/mol. The monoisotopic (exact) mass is 310 g/mol. The number of phenols is 1. The molecule has 0 saturated carbocycles. The number of phenolic OH excluding ortho intramolecular Hbond substituents is 1.